The lowest BCUT2D eigenvalue weighted by atomic mass is 10.1. The van der Waals surface area contributed by atoms with Crippen LogP contribution in [0.5, 0.6) is 0 Å². The van der Waals surface area contributed by atoms with Crippen LogP contribution < -0.4 is 5.32 Å². The van der Waals surface area contributed by atoms with E-state index in [-0.39, 0.29) is 0 Å². The molecular formula is C12H19N3. The highest BCUT2D eigenvalue weighted by atomic mass is 15.1. The third kappa shape index (κ3) is 3.41. The number of rotatable bonds is 5. The zero-order valence-corrected chi connectivity index (χ0v) is 9.75. The van der Waals surface area contributed by atoms with Gasteiger partial charge in [-0.1, -0.05) is 6.92 Å². The number of nitrogens with one attached hydrogen (secondary N) is 1. The van der Waals surface area contributed by atoms with E-state index in [4.69, 9.17) is 0 Å². The number of hydrogen-bond acceptors (Lipinski definition) is 2. The second kappa shape index (κ2) is 6.26. The third-order valence-corrected chi connectivity index (χ3v) is 2.33. The van der Waals surface area contributed by atoms with Crippen molar-refractivity contribution in [2.45, 2.75) is 32.7 Å². The summed E-state index contributed by atoms with van der Waals surface area (Å²) in [6, 6.07) is 0.296. The highest BCUT2D eigenvalue weighted by molar-refractivity contribution is 5.10. The van der Waals surface area contributed by atoms with Crippen LogP contribution in [-0.4, -0.2) is 16.1 Å². The first-order valence-electron chi connectivity index (χ1n) is 5.38. The molecule has 0 aliphatic rings. The van der Waals surface area contributed by atoms with Crippen molar-refractivity contribution in [3.63, 3.8) is 0 Å². The number of aryl methyl sites for hydroxylation is 1. The van der Waals surface area contributed by atoms with Crippen molar-refractivity contribution in [2.24, 2.45) is 7.05 Å². The lowest BCUT2D eigenvalue weighted by Gasteiger charge is -2.16. The van der Waals surface area contributed by atoms with E-state index in [1.54, 1.807) is 0 Å². The number of aromatic nitrogens is 2. The van der Waals surface area contributed by atoms with E-state index in [0.29, 0.717) is 6.04 Å². The summed E-state index contributed by atoms with van der Waals surface area (Å²) in [7, 11) is 2.02. The molecule has 0 radical (unpaired) electrons. The molecule has 82 valence electrons. The zero-order chi connectivity index (χ0) is 11.1. The van der Waals surface area contributed by atoms with Gasteiger partial charge in [0, 0.05) is 19.7 Å². The Kier molecular flexibility index (Phi) is 4.92. The molecule has 0 aliphatic heterocycles. The van der Waals surface area contributed by atoms with Crippen molar-refractivity contribution in [1.29, 1.82) is 0 Å². The Morgan fingerprint density at radius 3 is 2.93 bits per heavy atom. The summed E-state index contributed by atoms with van der Waals surface area (Å²) in [5, 5.41) is 3.48. The van der Waals surface area contributed by atoms with Crippen LogP contribution >= 0.6 is 0 Å². The summed E-state index contributed by atoms with van der Waals surface area (Å²) < 4.78 is 2.05. The Balaban J connectivity index is 2.70. The van der Waals surface area contributed by atoms with E-state index in [1.807, 2.05) is 31.1 Å². The molecule has 0 fully saturated rings. The minimum atomic E-state index is 0.296. The Labute approximate surface area is 91.9 Å². The molecule has 1 heterocycles. The Hall–Kier alpha value is -1.27. The van der Waals surface area contributed by atoms with E-state index in [1.165, 1.54) is 5.69 Å². The van der Waals surface area contributed by atoms with Gasteiger partial charge in [-0.3, -0.25) is 0 Å². The average molecular weight is 205 g/mol. The molecule has 1 atom stereocenters. The smallest absolute Gasteiger partial charge is 0.0946 e. The van der Waals surface area contributed by atoms with Gasteiger partial charge in [0.05, 0.1) is 18.1 Å². The van der Waals surface area contributed by atoms with Crippen molar-refractivity contribution in [3.05, 3.63) is 18.2 Å². The molecule has 0 spiro atoms. The lowest BCUT2D eigenvalue weighted by molar-refractivity contribution is 0.516. The first-order valence-corrected chi connectivity index (χ1v) is 5.38. The van der Waals surface area contributed by atoms with Crippen molar-refractivity contribution < 1.29 is 0 Å². The number of hydrogen-bond donors (Lipinski definition) is 1. The van der Waals surface area contributed by atoms with Gasteiger partial charge in [0.2, 0.25) is 0 Å². The van der Waals surface area contributed by atoms with Crippen molar-refractivity contribution >= 4 is 0 Å². The molecule has 1 rings (SSSR count). The fourth-order valence-electron chi connectivity index (χ4n) is 1.51. The summed E-state index contributed by atoms with van der Waals surface area (Å²) in [5.74, 6) is 6.06. The zero-order valence-electron chi connectivity index (χ0n) is 9.75. The van der Waals surface area contributed by atoms with Crippen LogP contribution in [0.1, 0.15) is 38.4 Å². The van der Waals surface area contributed by atoms with E-state index in [2.05, 4.69) is 29.1 Å². The molecule has 15 heavy (non-hydrogen) atoms. The second-order valence-electron chi connectivity index (χ2n) is 3.57. The van der Waals surface area contributed by atoms with Crippen LogP contribution in [0, 0.1) is 11.8 Å². The van der Waals surface area contributed by atoms with Crippen LogP contribution in [-0.2, 0) is 7.05 Å². The number of imidazole rings is 1. The molecule has 1 aromatic rings. The highest BCUT2D eigenvalue weighted by Crippen LogP contribution is 2.14. The molecule has 0 saturated carbocycles. The van der Waals surface area contributed by atoms with Crippen LogP contribution in [0.15, 0.2) is 12.5 Å². The molecule has 1 aromatic heterocycles. The summed E-state index contributed by atoms with van der Waals surface area (Å²) in [6.45, 7) is 5.06. The average Bonchev–Trinajstić information content (AvgIpc) is 2.65. The first-order chi connectivity index (χ1) is 7.29. The van der Waals surface area contributed by atoms with Crippen LogP contribution in [0.4, 0.5) is 0 Å². The van der Waals surface area contributed by atoms with Gasteiger partial charge in [0.1, 0.15) is 0 Å². The predicted molar refractivity (Wildman–Crippen MR) is 62.3 cm³/mol. The van der Waals surface area contributed by atoms with Gasteiger partial charge in [-0.25, -0.2) is 4.98 Å². The van der Waals surface area contributed by atoms with Crippen LogP contribution in [0.25, 0.3) is 0 Å². The first kappa shape index (κ1) is 11.8. The fourth-order valence-corrected chi connectivity index (χ4v) is 1.51. The SMILES string of the molecule is CC#CCC(NCCC)c1cncn1C. The largest absolute Gasteiger partial charge is 0.336 e. The second-order valence-corrected chi connectivity index (χ2v) is 3.57. The van der Waals surface area contributed by atoms with Gasteiger partial charge in [0.15, 0.2) is 0 Å². The topological polar surface area (TPSA) is 29.9 Å². The molecule has 0 aliphatic carbocycles. The molecule has 0 bridgehead atoms. The molecule has 1 N–H and O–H groups in total. The maximum absolute atomic E-state index is 4.13. The third-order valence-electron chi connectivity index (χ3n) is 2.33. The monoisotopic (exact) mass is 205 g/mol. The maximum Gasteiger partial charge on any atom is 0.0946 e. The highest BCUT2D eigenvalue weighted by Gasteiger charge is 2.12. The minimum absolute atomic E-state index is 0.296. The van der Waals surface area contributed by atoms with Crippen LogP contribution in [0.2, 0.25) is 0 Å². The molecule has 0 saturated heterocycles. The quantitative estimate of drug-likeness (QED) is 0.744. The van der Waals surface area contributed by atoms with Crippen molar-refractivity contribution in [1.82, 2.24) is 14.9 Å². The minimum Gasteiger partial charge on any atom is -0.336 e. The van der Waals surface area contributed by atoms with Gasteiger partial charge in [0.25, 0.3) is 0 Å². The van der Waals surface area contributed by atoms with Crippen molar-refractivity contribution in [3.8, 4) is 11.8 Å². The van der Waals surface area contributed by atoms with E-state index >= 15 is 0 Å². The molecule has 0 amide bonds. The Bertz CT molecular complexity index is 343. The lowest BCUT2D eigenvalue weighted by Crippen LogP contribution is -2.23. The van der Waals surface area contributed by atoms with Gasteiger partial charge in [-0.05, 0) is 19.9 Å². The molecule has 3 heteroatoms. The summed E-state index contributed by atoms with van der Waals surface area (Å²) in [6.07, 6.45) is 5.71. The molecule has 0 aromatic carbocycles. The summed E-state index contributed by atoms with van der Waals surface area (Å²) in [5.41, 5.74) is 1.20. The Morgan fingerprint density at radius 1 is 1.60 bits per heavy atom. The number of nitrogens with zero attached hydrogens (tertiary/aromatic N) is 2. The van der Waals surface area contributed by atoms with Gasteiger partial charge >= 0.3 is 0 Å². The molecule has 1 unspecified atom stereocenters. The molecular weight excluding hydrogens is 186 g/mol. The Morgan fingerprint density at radius 2 is 2.40 bits per heavy atom. The fraction of sp³-hybridized carbons (Fsp3) is 0.583. The normalized spacial score (nSPS) is 11.9. The van der Waals surface area contributed by atoms with E-state index in [9.17, 15) is 0 Å². The van der Waals surface area contributed by atoms with Gasteiger partial charge in [-0.2, -0.15) is 0 Å². The maximum atomic E-state index is 4.13. The summed E-state index contributed by atoms with van der Waals surface area (Å²) in [4.78, 5) is 4.13. The van der Waals surface area contributed by atoms with E-state index < -0.39 is 0 Å². The standard InChI is InChI=1S/C12H19N3/c1-4-6-7-11(14-8-5-2)12-9-13-10-15(12)3/h9-11,14H,5,7-8H2,1-3H3. The molecule has 3 nitrogen and oxygen atoms in total. The van der Waals surface area contributed by atoms with Crippen LogP contribution in [0.3, 0.4) is 0 Å². The van der Waals surface area contributed by atoms with Gasteiger partial charge < -0.3 is 9.88 Å². The van der Waals surface area contributed by atoms with E-state index in [0.717, 1.165) is 19.4 Å². The predicted octanol–water partition coefficient (Wildman–Crippen LogP) is 1.87. The van der Waals surface area contributed by atoms with Crippen molar-refractivity contribution in [2.75, 3.05) is 6.54 Å². The summed E-state index contributed by atoms with van der Waals surface area (Å²) >= 11 is 0. The van der Waals surface area contributed by atoms with Gasteiger partial charge in [-0.15, -0.1) is 11.8 Å².